The maximum Gasteiger partial charge on any atom is 0.192 e. The first-order valence-corrected chi connectivity index (χ1v) is 6.57. The van der Waals surface area contributed by atoms with Gasteiger partial charge >= 0.3 is 0 Å². The molecule has 88 valence electrons. The standard InChI is InChI=1S/C12H22O2S/c1-11(2,3)15-10(13)9-12(14)7-5-4-6-8-12/h14H,4-9H2,1-3H3. The lowest BCUT2D eigenvalue weighted by Gasteiger charge is -2.32. The highest BCUT2D eigenvalue weighted by Gasteiger charge is 2.32. The van der Waals surface area contributed by atoms with Crippen LogP contribution < -0.4 is 0 Å². The summed E-state index contributed by atoms with van der Waals surface area (Å²) in [6.45, 7) is 6.08. The average Bonchev–Trinajstić information content (AvgIpc) is 1.99. The van der Waals surface area contributed by atoms with E-state index in [4.69, 9.17) is 0 Å². The Morgan fingerprint density at radius 1 is 1.27 bits per heavy atom. The summed E-state index contributed by atoms with van der Waals surface area (Å²) >= 11 is 1.35. The summed E-state index contributed by atoms with van der Waals surface area (Å²) in [6, 6.07) is 0. The van der Waals surface area contributed by atoms with Crippen molar-refractivity contribution in [2.24, 2.45) is 0 Å². The molecule has 0 heterocycles. The van der Waals surface area contributed by atoms with Gasteiger partial charge in [-0.3, -0.25) is 4.79 Å². The third-order valence-electron chi connectivity index (χ3n) is 2.68. The molecule has 1 aliphatic rings. The normalized spacial score (nSPS) is 21.3. The van der Waals surface area contributed by atoms with Crippen LogP contribution in [0.15, 0.2) is 0 Å². The topological polar surface area (TPSA) is 37.3 Å². The molecule has 0 unspecified atom stereocenters. The maximum atomic E-state index is 11.7. The number of carbonyl (C=O) groups excluding carboxylic acids is 1. The van der Waals surface area contributed by atoms with Crippen LogP contribution >= 0.6 is 11.8 Å². The molecule has 0 aromatic carbocycles. The van der Waals surface area contributed by atoms with E-state index in [-0.39, 0.29) is 9.86 Å². The molecule has 1 aliphatic carbocycles. The minimum absolute atomic E-state index is 0.0396. The molecule has 2 nitrogen and oxygen atoms in total. The molecule has 0 bridgehead atoms. The van der Waals surface area contributed by atoms with Crippen LogP contribution in [0, 0.1) is 0 Å². The molecule has 0 saturated heterocycles. The first-order chi connectivity index (χ1) is 6.81. The lowest BCUT2D eigenvalue weighted by atomic mass is 9.83. The van der Waals surface area contributed by atoms with Crippen LogP contribution in [0.2, 0.25) is 0 Å². The fraction of sp³-hybridized carbons (Fsp3) is 0.917. The summed E-state index contributed by atoms with van der Waals surface area (Å²) in [7, 11) is 0. The van der Waals surface area contributed by atoms with Crippen molar-refractivity contribution in [3.8, 4) is 0 Å². The van der Waals surface area contributed by atoms with E-state index < -0.39 is 5.60 Å². The van der Waals surface area contributed by atoms with Gasteiger partial charge in [0.1, 0.15) is 0 Å². The van der Waals surface area contributed by atoms with E-state index in [0.29, 0.717) is 6.42 Å². The smallest absolute Gasteiger partial charge is 0.192 e. The predicted octanol–water partition coefficient (Wildman–Crippen LogP) is 3.13. The van der Waals surface area contributed by atoms with E-state index in [9.17, 15) is 9.90 Å². The van der Waals surface area contributed by atoms with Gasteiger partial charge in [0, 0.05) is 11.2 Å². The van der Waals surface area contributed by atoms with Crippen molar-refractivity contribution in [3.63, 3.8) is 0 Å². The van der Waals surface area contributed by atoms with Crippen LogP contribution in [0.5, 0.6) is 0 Å². The Kier molecular flexibility index (Phi) is 4.24. The predicted molar refractivity (Wildman–Crippen MR) is 65.0 cm³/mol. The Balaban J connectivity index is 2.42. The third-order valence-corrected chi connectivity index (χ3v) is 3.66. The largest absolute Gasteiger partial charge is 0.389 e. The van der Waals surface area contributed by atoms with Crippen molar-refractivity contribution >= 4 is 16.9 Å². The highest BCUT2D eigenvalue weighted by molar-refractivity contribution is 8.14. The highest BCUT2D eigenvalue weighted by Crippen LogP contribution is 2.34. The highest BCUT2D eigenvalue weighted by atomic mass is 32.2. The summed E-state index contributed by atoms with van der Waals surface area (Å²) in [6.07, 6.45) is 5.23. The van der Waals surface area contributed by atoms with Gasteiger partial charge in [-0.25, -0.2) is 0 Å². The number of carbonyl (C=O) groups is 1. The fourth-order valence-electron chi connectivity index (χ4n) is 2.03. The zero-order chi connectivity index (χ0) is 11.5. The fourth-order valence-corrected chi connectivity index (χ4v) is 3.06. The second-order valence-corrected chi connectivity index (χ2v) is 7.43. The van der Waals surface area contributed by atoms with E-state index in [1.807, 2.05) is 20.8 Å². The maximum absolute atomic E-state index is 11.7. The summed E-state index contributed by atoms with van der Waals surface area (Å²) in [5.41, 5.74) is -0.701. The number of hydrogen-bond acceptors (Lipinski definition) is 3. The first kappa shape index (κ1) is 13.0. The van der Waals surface area contributed by atoms with Crippen LogP contribution in [0.25, 0.3) is 0 Å². The van der Waals surface area contributed by atoms with Crippen molar-refractivity contribution in [2.75, 3.05) is 0 Å². The molecule has 15 heavy (non-hydrogen) atoms. The molecule has 1 N–H and O–H groups in total. The number of thioether (sulfide) groups is 1. The van der Waals surface area contributed by atoms with Gasteiger partial charge in [0.15, 0.2) is 5.12 Å². The molecule has 0 aliphatic heterocycles. The Bertz CT molecular complexity index is 224. The van der Waals surface area contributed by atoms with Crippen molar-refractivity contribution in [3.05, 3.63) is 0 Å². The minimum Gasteiger partial charge on any atom is -0.389 e. The Morgan fingerprint density at radius 3 is 2.27 bits per heavy atom. The van der Waals surface area contributed by atoms with Gasteiger partial charge in [-0.2, -0.15) is 0 Å². The van der Waals surface area contributed by atoms with Gasteiger partial charge < -0.3 is 5.11 Å². The lowest BCUT2D eigenvalue weighted by molar-refractivity contribution is -0.117. The van der Waals surface area contributed by atoms with Crippen LogP contribution in [-0.2, 0) is 4.79 Å². The van der Waals surface area contributed by atoms with Crippen LogP contribution in [0.4, 0.5) is 0 Å². The monoisotopic (exact) mass is 230 g/mol. The molecule has 0 amide bonds. The van der Waals surface area contributed by atoms with E-state index >= 15 is 0 Å². The summed E-state index contributed by atoms with van der Waals surface area (Å²) < 4.78 is -0.0396. The Morgan fingerprint density at radius 2 is 1.80 bits per heavy atom. The Labute approximate surface area is 96.8 Å². The SMILES string of the molecule is CC(C)(C)SC(=O)CC1(O)CCCCC1. The molecule has 0 aromatic rings. The molecule has 1 fully saturated rings. The second-order valence-electron chi connectivity index (χ2n) is 5.55. The zero-order valence-electron chi connectivity index (χ0n) is 10.0. The van der Waals surface area contributed by atoms with Gasteiger partial charge in [-0.1, -0.05) is 51.8 Å². The van der Waals surface area contributed by atoms with Crippen LogP contribution in [-0.4, -0.2) is 20.6 Å². The van der Waals surface area contributed by atoms with E-state index in [1.54, 1.807) is 0 Å². The van der Waals surface area contributed by atoms with E-state index in [1.165, 1.54) is 18.2 Å². The molecule has 0 atom stereocenters. The molecule has 3 heteroatoms. The first-order valence-electron chi connectivity index (χ1n) is 5.75. The molecule has 0 aromatic heterocycles. The number of rotatable bonds is 2. The lowest BCUT2D eigenvalue weighted by Crippen LogP contribution is -2.34. The van der Waals surface area contributed by atoms with Crippen molar-refractivity contribution in [1.82, 2.24) is 0 Å². The summed E-state index contributed by atoms with van der Waals surface area (Å²) in [5.74, 6) is 0. The zero-order valence-corrected chi connectivity index (χ0v) is 10.8. The van der Waals surface area contributed by atoms with Gasteiger partial charge in [-0.05, 0) is 12.8 Å². The van der Waals surface area contributed by atoms with Crippen molar-refractivity contribution in [2.45, 2.75) is 69.6 Å². The quantitative estimate of drug-likeness (QED) is 0.792. The summed E-state index contributed by atoms with van der Waals surface area (Å²) in [4.78, 5) is 11.7. The van der Waals surface area contributed by atoms with E-state index in [2.05, 4.69) is 0 Å². The molecule has 1 saturated carbocycles. The van der Waals surface area contributed by atoms with Crippen LogP contribution in [0.1, 0.15) is 59.3 Å². The van der Waals surface area contributed by atoms with Gasteiger partial charge in [0.2, 0.25) is 0 Å². The second kappa shape index (κ2) is 4.88. The number of aliphatic hydroxyl groups is 1. The number of hydrogen-bond donors (Lipinski definition) is 1. The van der Waals surface area contributed by atoms with Gasteiger partial charge in [0.25, 0.3) is 0 Å². The van der Waals surface area contributed by atoms with Gasteiger partial charge in [0.05, 0.1) is 5.60 Å². The average molecular weight is 230 g/mol. The molecular formula is C12H22O2S. The van der Waals surface area contributed by atoms with Crippen molar-refractivity contribution < 1.29 is 9.90 Å². The molecule has 0 radical (unpaired) electrons. The third kappa shape index (κ3) is 5.03. The molecule has 1 rings (SSSR count). The summed E-state index contributed by atoms with van der Waals surface area (Å²) in [5, 5.41) is 10.3. The molecular weight excluding hydrogens is 208 g/mol. The van der Waals surface area contributed by atoms with E-state index in [0.717, 1.165) is 25.7 Å². The molecule has 0 spiro atoms. The van der Waals surface area contributed by atoms with Crippen molar-refractivity contribution in [1.29, 1.82) is 0 Å². The van der Waals surface area contributed by atoms with Crippen LogP contribution in [0.3, 0.4) is 0 Å². The Hall–Kier alpha value is -0.0200. The minimum atomic E-state index is -0.701. The van der Waals surface area contributed by atoms with Gasteiger partial charge in [-0.15, -0.1) is 0 Å².